The van der Waals surface area contributed by atoms with Crippen molar-refractivity contribution in [2.75, 3.05) is 7.11 Å². The molecule has 0 aliphatic rings. The van der Waals surface area contributed by atoms with Crippen molar-refractivity contribution < 1.29 is 9.53 Å². The molecule has 0 amide bonds. The minimum Gasteiger partial charge on any atom is -0.496 e. The second-order valence-corrected chi connectivity index (χ2v) is 3.92. The van der Waals surface area contributed by atoms with Crippen LogP contribution in [0.25, 0.3) is 0 Å². The molecule has 0 N–H and O–H groups in total. The number of carbonyl (C=O) groups is 1. The van der Waals surface area contributed by atoms with Crippen LogP contribution < -0.4 is 4.74 Å². The first-order valence-corrected chi connectivity index (χ1v) is 5.13. The monoisotopic (exact) mass is 267 g/mol. The van der Waals surface area contributed by atoms with E-state index in [4.69, 9.17) is 10.00 Å². The third-order valence-electron chi connectivity index (χ3n) is 2.04. The Morgan fingerprint density at radius 2 is 2.27 bits per heavy atom. The SMILES string of the molecule is COc1ccc(C(C#N)C(C)=O)cc1Br. The number of nitrogens with zero attached hydrogens (tertiary/aromatic N) is 1. The van der Waals surface area contributed by atoms with Crippen molar-refractivity contribution in [1.29, 1.82) is 5.26 Å². The van der Waals surface area contributed by atoms with Crippen LogP contribution in [0.4, 0.5) is 0 Å². The van der Waals surface area contributed by atoms with Gasteiger partial charge in [-0.2, -0.15) is 5.26 Å². The first-order chi connectivity index (χ1) is 7.10. The summed E-state index contributed by atoms with van der Waals surface area (Å²) in [6.45, 7) is 1.41. The van der Waals surface area contributed by atoms with Gasteiger partial charge in [0.15, 0.2) is 5.78 Å². The second kappa shape index (κ2) is 4.94. The van der Waals surface area contributed by atoms with Gasteiger partial charge in [0.25, 0.3) is 0 Å². The average Bonchev–Trinajstić information content (AvgIpc) is 2.18. The van der Waals surface area contributed by atoms with Crippen molar-refractivity contribution in [3.05, 3.63) is 28.2 Å². The molecule has 0 bridgehead atoms. The highest BCUT2D eigenvalue weighted by Crippen LogP contribution is 2.28. The summed E-state index contributed by atoms with van der Waals surface area (Å²) >= 11 is 3.31. The van der Waals surface area contributed by atoms with Crippen LogP contribution in [0.2, 0.25) is 0 Å². The highest BCUT2D eigenvalue weighted by atomic mass is 79.9. The van der Waals surface area contributed by atoms with Crippen LogP contribution in [0, 0.1) is 11.3 Å². The fourth-order valence-corrected chi connectivity index (χ4v) is 1.82. The number of benzene rings is 1. The smallest absolute Gasteiger partial charge is 0.151 e. The number of hydrogen-bond acceptors (Lipinski definition) is 3. The Morgan fingerprint density at radius 3 is 2.67 bits per heavy atom. The Labute approximate surface area is 96.8 Å². The van der Waals surface area contributed by atoms with Gasteiger partial charge < -0.3 is 4.74 Å². The van der Waals surface area contributed by atoms with Gasteiger partial charge in [-0.25, -0.2) is 0 Å². The van der Waals surface area contributed by atoms with Gasteiger partial charge in [-0.05, 0) is 40.5 Å². The molecule has 1 unspecified atom stereocenters. The van der Waals surface area contributed by atoms with Crippen LogP contribution in [-0.2, 0) is 4.79 Å². The fourth-order valence-electron chi connectivity index (χ4n) is 1.26. The first kappa shape index (κ1) is 11.7. The highest BCUT2D eigenvalue weighted by Gasteiger charge is 2.16. The van der Waals surface area contributed by atoms with Crippen LogP contribution in [0.1, 0.15) is 18.4 Å². The molecule has 0 saturated carbocycles. The van der Waals surface area contributed by atoms with Crippen LogP contribution in [0.3, 0.4) is 0 Å². The van der Waals surface area contributed by atoms with Crippen LogP contribution >= 0.6 is 15.9 Å². The van der Waals surface area contributed by atoms with E-state index < -0.39 is 5.92 Å². The average molecular weight is 268 g/mol. The maximum absolute atomic E-state index is 11.2. The van der Waals surface area contributed by atoms with E-state index in [9.17, 15) is 4.79 Å². The molecule has 0 aliphatic heterocycles. The molecule has 0 spiro atoms. The molecule has 78 valence electrons. The minimum atomic E-state index is -0.702. The number of Topliss-reactive ketones (excluding diaryl/α,β-unsaturated/α-hetero) is 1. The van der Waals surface area contributed by atoms with E-state index in [0.29, 0.717) is 11.3 Å². The molecule has 0 fully saturated rings. The lowest BCUT2D eigenvalue weighted by atomic mass is 9.97. The largest absolute Gasteiger partial charge is 0.496 e. The zero-order valence-electron chi connectivity index (χ0n) is 8.45. The second-order valence-electron chi connectivity index (χ2n) is 3.07. The molecule has 1 aromatic carbocycles. The number of methoxy groups -OCH3 is 1. The zero-order valence-corrected chi connectivity index (χ0v) is 10.0. The predicted molar refractivity (Wildman–Crippen MR) is 59.7 cm³/mol. The van der Waals surface area contributed by atoms with Gasteiger partial charge in [-0.1, -0.05) is 6.07 Å². The van der Waals surface area contributed by atoms with Crippen molar-refractivity contribution in [1.82, 2.24) is 0 Å². The molecule has 1 atom stereocenters. The van der Waals surface area contributed by atoms with E-state index >= 15 is 0 Å². The maximum Gasteiger partial charge on any atom is 0.151 e. The normalized spacial score (nSPS) is 11.6. The van der Waals surface area contributed by atoms with E-state index in [1.165, 1.54) is 6.92 Å². The lowest BCUT2D eigenvalue weighted by Crippen LogP contribution is -2.06. The summed E-state index contributed by atoms with van der Waals surface area (Å²) in [5.41, 5.74) is 0.678. The van der Waals surface area contributed by atoms with Gasteiger partial charge in [0.1, 0.15) is 11.7 Å². The van der Waals surface area contributed by atoms with Crippen molar-refractivity contribution in [3.63, 3.8) is 0 Å². The molecule has 4 heteroatoms. The van der Waals surface area contributed by atoms with Gasteiger partial charge in [-0.3, -0.25) is 4.79 Å². The fraction of sp³-hybridized carbons (Fsp3) is 0.273. The van der Waals surface area contributed by atoms with Crippen molar-refractivity contribution >= 4 is 21.7 Å². The van der Waals surface area contributed by atoms with Gasteiger partial charge in [0, 0.05) is 0 Å². The Hall–Kier alpha value is -1.34. The van der Waals surface area contributed by atoms with E-state index in [0.717, 1.165) is 4.47 Å². The highest BCUT2D eigenvalue weighted by molar-refractivity contribution is 9.10. The molecular weight excluding hydrogens is 258 g/mol. The van der Waals surface area contributed by atoms with Crippen molar-refractivity contribution in [2.24, 2.45) is 0 Å². The Bertz CT molecular complexity index is 423. The predicted octanol–water partition coefficient (Wildman–Crippen LogP) is 2.65. The molecule has 0 saturated heterocycles. The molecule has 1 rings (SSSR count). The van der Waals surface area contributed by atoms with Gasteiger partial charge >= 0.3 is 0 Å². The number of hydrogen-bond donors (Lipinski definition) is 0. The molecule has 0 aliphatic carbocycles. The molecule has 0 radical (unpaired) electrons. The Morgan fingerprint density at radius 1 is 1.60 bits per heavy atom. The minimum absolute atomic E-state index is 0.158. The summed E-state index contributed by atoms with van der Waals surface area (Å²) in [5.74, 6) is -0.180. The number of ketones is 1. The molecule has 0 aromatic heterocycles. The number of nitriles is 1. The number of halogens is 1. The topological polar surface area (TPSA) is 50.1 Å². The van der Waals surface area contributed by atoms with Crippen LogP contribution in [-0.4, -0.2) is 12.9 Å². The van der Waals surface area contributed by atoms with E-state index in [1.54, 1.807) is 25.3 Å². The van der Waals surface area contributed by atoms with Gasteiger partial charge in [0.05, 0.1) is 17.7 Å². The van der Waals surface area contributed by atoms with E-state index in [-0.39, 0.29) is 5.78 Å². The number of rotatable bonds is 3. The van der Waals surface area contributed by atoms with Crippen molar-refractivity contribution in [2.45, 2.75) is 12.8 Å². The standard InChI is InChI=1S/C11H10BrNO2/c1-7(14)9(6-13)8-3-4-11(15-2)10(12)5-8/h3-5,9H,1-2H3. The molecule has 15 heavy (non-hydrogen) atoms. The number of carbonyl (C=O) groups excluding carboxylic acids is 1. The summed E-state index contributed by atoms with van der Waals surface area (Å²) in [6, 6.07) is 7.15. The summed E-state index contributed by atoms with van der Waals surface area (Å²) < 4.78 is 5.80. The molecule has 3 nitrogen and oxygen atoms in total. The van der Waals surface area contributed by atoms with E-state index in [1.807, 2.05) is 6.07 Å². The van der Waals surface area contributed by atoms with Gasteiger partial charge in [-0.15, -0.1) is 0 Å². The lowest BCUT2D eigenvalue weighted by molar-refractivity contribution is -0.117. The Kier molecular flexibility index (Phi) is 3.87. The summed E-state index contributed by atoms with van der Waals surface area (Å²) in [5, 5.41) is 8.85. The molecular formula is C11H10BrNO2. The zero-order chi connectivity index (χ0) is 11.4. The van der Waals surface area contributed by atoms with Crippen molar-refractivity contribution in [3.8, 4) is 11.8 Å². The molecule has 0 heterocycles. The summed E-state index contributed by atoms with van der Waals surface area (Å²) in [4.78, 5) is 11.2. The van der Waals surface area contributed by atoms with Crippen LogP contribution in [0.5, 0.6) is 5.75 Å². The molecule has 1 aromatic rings. The summed E-state index contributed by atoms with van der Waals surface area (Å²) in [6.07, 6.45) is 0. The maximum atomic E-state index is 11.2. The lowest BCUT2D eigenvalue weighted by Gasteiger charge is -2.08. The van der Waals surface area contributed by atoms with Crippen LogP contribution in [0.15, 0.2) is 22.7 Å². The first-order valence-electron chi connectivity index (χ1n) is 4.33. The quantitative estimate of drug-likeness (QED) is 0.846. The Balaban J connectivity index is 3.12. The van der Waals surface area contributed by atoms with Gasteiger partial charge in [0.2, 0.25) is 0 Å². The third kappa shape index (κ3) is 2.57. The third-order valence-corrected chi connectivity index (χ3v) is 2.66. The number of ether oxygens (including phenoxy) is 1. The summed E-state index contributed by atoms with van der Waals surface area (Å²) in [7, 11) is 1.56. The van der Waals surface area contributed by atoms with E-state index in [2.05, 4.69) is 15.9 Å².